The van der Waals surface area contributed by atoms with Crippen LogP contribution in [0.3, 0.4) is 0 Å². The molecule has 28 heavy (non-hydrogen) atoms. The molecule has 1 amide bonds. The zero-order valence-electron chi connectivity index (χ0n) is 14.4. The topological polar surface area (TPSA) is 113 Å². The van der Waals surface area contributed by atoms with Crippen LogP contribution in [-0.2, 0) is 6.54 Å². The van der Waals surface area contributed by atoms with Crippen molar-refractivity contribution < 1.29 is 13.9 Å². The maximum Gasteiger partial charge on any atom is 0.323 e. The summed E-state index contributed by atoms with van der Waals surface area (Å²) in [6.07, 6.45) is 2.04. The number of nitrogens with zero attached hydrogens (tertiary/aromatic N) is 2. The average molecular weight is 379 g/mol. The highest BCUT2D eigenvalue weighted by Gasteiger charge is 2.08. The van der Waals surface area contributed by atoms with Crippen molar-refractivity contribution in [3.05, 3.63) is 82.3 Å². The number of imidazole rings is 1. The van der Waals surface area contributed by atoms with Crippen molar-refractivity contribution in [1.29, 1.82) is 0 Å². The molecule has 0 radical (unpaired) electrons. The van der Waals surface area contributed by atoms with Crippen LogP contribution in [0.25, 0.3) is 11.0 Å². The molecule has 0 saturated carbocycles. The van der Waals surface area contributed by atoms with Gasteiger partial charge in [-0.2, -0.15) is 0 Å². The van der Waals surface area contributed by atoms with Crippen LogP contribution in [0, 0.1) is 5.82 Å². The second kappa shape index (κ2) is 7.31. The van der Waals surface area contributed by atoms with Crippen molar-refractivity contribution in [2.24, 2.45) is 0 Å². The average Bonchev–Trinajstić information content (AvgIpc) is 3.08. The highest BCUT2D eigenvalue weighted by molar-refractivity contribution is 5.97. The number of aromatic nitrogens is 4. The third-order valence-corrected chi connectivity index (χ3v) is 3.96. The predicted molar refractivity (Wildman–Crippen MR) is 98.6 cm³/mol. The van der Waals surface area contributed by atoms with Crippen LogP contribution in [0.15, 0.2) is 59.7 Å². The summed E-state index contributed by atoms with van der Waals surface area (Å²) in [7, 11) is 0. The van der Waals surface area contributed by atoms with Gasteiger partial charge in [0.15, 0.2) is 5.82 Å². The summed E-state index contributed by atoms with van der Waals surface area (Å²) in [6, 6.07) is 11.9. The molecular formula is C19H14FN5O3. The van der Waals surface area contributed by atoms with Gasteiger partial charge in [-0.1, -0.05) is 12.1 Å². The molecule has 8 nitrogen and oxygen atoms in total. The van der Waals surface area contributed by atoms with Gasteiger partial charge in [0.05, 0.1) is 23.4 Å². The van der Waals surface area contributed by atoms with Crippen LogP contribution in [0.5, 0.6) is 11.8 Å². The van der Waals surface area contributed by atoms with Crippen molar-refractivity contribution in [3.63, 3.8) is 0 Å². The van der Waals surface area contributed by atoms with Gasteiger partial charge in [-0.25, -0.2) is 19.2 Å². The van der Waals surface area contributed by atoms with E-state index in [4.69, 9.17) is 4.74 Å². The van der Waals surface area contributed by atoms with E-state index in [0.717, 1.165) is 18.0 Å². The number of ether oxygens (including phenoxy) is 1. The number of hydrogen-bond donors (Lipinski definition) is 3. The van der Waals surface area contributed by atoms with E-state index in [2.05, 4.69) is 25.3 Å². The molecule has 0 aliphatic carbocycles. The molecule has 0 saturated heterocycles. The molecule has 0 bridgehead atoms. The molecular weight excluding hydrogens is 365 g/mol. The lowest BCUT2D eigenvalue weighted by molar-refractivity contribution is 0.0951. The largest absolute Gasteiger partial charge is 0.424 e. The van der Waals surface area contributed by atoms with Gasteiger partial charge < -0.3 is 20.0 Å². The molecule has 4 aromatic rings. The van der Waals surface area contributed by atoms with E-state index in [1.807, 2.05) is 0 Å². The SMILES string of the molecule is O=C(NCc1ccc(Oc2ncc(F)cn2)cc1)c1ccc2[nH]c(=O)[nH]c2c1. The minimum Gasteiger partial charge on any atom is -0.424 e. The van der Waals surface area contributed by atoms with E-state index in [0.29, 0.717) is 28.9 Å². The molecule has 0 aliphatic rings. The van der Waals surface area contributed by atoms with Gasteiger partial charge in [0.25, 0.3) is 5.91 Å². The molecule has 2 heterocycles. The van der Waals surface area contributed by atoms with Crippen LogP contribution in [0.2, 0.25) is 0 Å². The standard InChI is InChI=1S/C19H14FN5O3/c20-13-9-22-19(23-10-13)28-14-4-1-11(2-5-14)8-21-17(26)12-3-6-15-16(7-12)25-18(27)24-15/h1-7,9-10H,8H2,(H,21,26)(H2,24,25,27). The first kappa shape index (κ1) is 17.4. The molecule has 3 N–H and O–H groups in total. The summed E-state index contributed by atoms with van der Waals surface area (Å²) in [6.45, 7) is 0.313. The van der Waals surface area contributed by atoms with E-state index >= 15 is 0 Å². The number of H-pyrrole nitrogens is 2. The number of benzene rings is 2. The van der Waals surface area contributed by atoms with Gasteiger partial charge in [-0.05, 0) is 35.9 Å². The maximum atomic E-state index is 12.8. The quantitative estimate of drug-likeness (QED) is 0.493. The Morgan fingerprint density at radius 1 is 1.04 bits per heavy atom. The zero-order valence-corrected chi connectivity index (χ0v) is 14.4. The van der Waals surface area contributed by atoms with Crippen molar-refractivity contribution in [1.82, 2.24) is 25.3 Å². The van der Waals surface area contributed by atoms with Crippen molar-refractivity contribution >= 4 is 16.9 Å². The van der Waals surface area contributed by atoms with Crippen LogP contribution in [-0.4, -0.2) is 25.8 Å². The molecule has 4 rings (SSSR count). The summed E-state index contributed by atoms with van der Waals surface area (Å²) in [5, 5.41) is 2.81. The maximum absolute atomic E-state index is 12.8. The normalized spacial score (nSPS) is 10.8. The number of halogens is 1. The van der Waals surface area contributed by atoms with Gasteiger partial charge >= 0.3 is 11.7 Å². The lowest BCUT2D eigenvalue weighted by Crippen LogP contribution is -2.22. The van der Waals surface area contributed by atoms with E-state index < -0.39 is 5.82 Å². The van der Waals surface area contributed by atoms with Gasteiger partial charge in [0.2, 0.25) is 0 Å². The zero-order chi connectivity index (χ0) is 19.5. The van der Waals surface area contributed by atoms with Crippen LogP contribution < -0.4 is 15.7 Å². The first-order chi connectivity index (χ1) is 13.6. The Bertz CT molecular complexity index is 1180. The Morgan fingerprint density at radius 2 is 1.75 bits per heavy atom. The minimum atomic E-state index is -0.541. The number of fused-ring (bicyclic) bond motifs is 1. The molecule has 2 aromatic carbocycles. The van der Waals surface area contributed by atoms with Crippen molar-refractivity contribution in [3.8, 4) is 11.8 Å². The molecule has 0 aliphatic heterocycles. The molecule has 0 atom stereocenters. The Labute approximate surface area is 157 Å². The van der Waals surface area contributed by atoms with Gasteiger partial charge in [-0.15, -0.1) is 0 Å². The summed E-state index contributed by atoms with van der Waals surface area (Å²) < 4.78 is 18.2. The molecule has 0 spiro atoms. The molecule has 0 unspecified atom stereocenters. The third kappa shape index (κ3) is 3.88. The number of aromatic amines is 2. The third-order valence-electron chi connectivity index (χ3n) is 3.96. The number of amides is 1. The van der Waals surface area contributed by atoms with Gasteiger partial charge in [0, 0.05) is 12.1 Å². The van der Waals surface area contributed by atoms with Gasteiger partial charge in [-0.3, -0.25) is 4.79 Å². The second-order valence-corrected chi connectivity index (χ2v) is 5.95. The Kier molecular flexibility index (Phi) is 4.55. The highest BCUT2D eigenvalue weighted by Crippen LogP contribution is 2.18. The number of nitrogens with one attached hydrogen (secondary N) is 3. The fourth-order valence-corrected chi connectivity index (χ4v) is 2.59. The van der Waals surface area contributed by atoms with Crippen LogP contribution in [0.4, 0.5) is 4.39 Å². The first-order valence-corrected chi connectivity index (χ1v) is 8.31. The Balaban J connectivity index is 1.37. The van der Waals surface area contributed by atoms with E-state index in [1.165, 1.54) is 0 Å². The highest BCUT2D eigenvalue weighted by atomic mass is 19.1. The van der Waals surface area contributed by atoms with E-state index in [-0.39, 0.29) is 17.6 Å². The summed E-state index contributed by atoms with van der Waals surface area (Å²) in [4.78, 5) is 36.3. The van der Waals surface area contributed by atoms with E-state index in [9.17, 15) is 14.0 Å². The van der Waals surface area contributed by atoms with Crippen LogP contribution >= 0.6 is 0 Å². The van der Waals surface area contributed by atoms with Crippen molar-refractivity contribution in [2.75, 3.05) is 0 Å². The number of carbonyl (C=O) groups excluding carboxylic acids is 1. The Hall–Kier alpha value is -4.01. The first-order valence-electron chi connectivity index (χ1n) is 8.31. The van der Waals surface area contributed by atoms with Crippen molar-refractivity contribution in [2.45, 2.75) is 6.54 Å². The minimum absolute atomic E-state index is 0.0423. The molecule has 0 fully saturated rings. The fraction of sp³-hybridized carbons (Fsp3) is 0.0526. The Morgan fingerprint density at radius 3 is 2.50 bits per heavy atom. The number of carbonyl (C=O) groups is 1. The van der Waals surface area contributed by atoms with Crippen LogP contribution in [0.1, 0.15) is 15.9 Å². The monoisotopic (exact) mass is 379 g/mol. The smallest absolute Gasteiger partial charge is 0.323 e. The summed E-state index contributed by atoms with van der Waals surface area (Å²) >= 11 is 0. The summed E-state index contributed by atoms with van der Waals surface area (Å²) in [5.41, 5.74) is 2.19. The lowest BCUT2D eigenvalue weighted by Gasteiger charge is -2.07. The molecule has 140 valence electrons. The number of rotatable bonds is 5. The van der Waals surface area contributed by atoms with E-state index in [1.54, 1.807) is 42.5 Å². The second-order valence-electron chi connectivity index (χ2n) is 5.95. The predicted octanol–water partition coefficient (Wildman–Crippen LogP) is 2.51. The summed E-state index contributed by atoms with van der Waals surface area (Å²) in [5.74, 6) is -0.312. The number of hydrogen-bond acceptors (Lipinski definition) is 5. The molecule has 9 heteroatoms. The lowest BCUT2D eigenvalue weighted by atomic mass is 10.1. The molecule has 2 aromatic heterocycles. The van der Waals surface area contributed by atoms with Gasteiger partial charge in [0.1, 0.15) is 5.75 Å². The fourth-order valence-electron chi connectivity index (χ4n) is 2.59.